The van der Waals surface area contributed by atoms with Gasteiger partial charge in [0.2, 0.25) is 0 Å². The van der Waals surface area contributed by atoms with Crippen LogP contribution in [0.5, 0.6) is 5.75 Å². The second-order valence-electron chi connectivity index (χ2n) is 2.33. The van der Waals surface area contributed by atoms with Gasteiger partial charge < -0.3 is 5.11 Å². The minimum atomic E-state index is -2.75. The van der Waals surface area contributed by atoms with Crippen molar-refractivity contribution in [2.24, 2.45) is 0 Å². The molecule has 1 aromatic heterocycles. The Morgan fingerprint density at radius 2 is 2.31 bits per heavy atom. The van der Waals surface area contributed by atoms with Gasteiger partial charge in [0.15, 0.2) is 0 Å². The summed E-state index contributed by atoms with van der Waals surface area (Å²) in [7, 11) is 0. The van der Waals surface area contributed by atoms with Crippen molar-refractivity contribution >= 4 is 0 Å². The van der Waals surface area contributed by atoms with Gasteiger partial charge in [0.25, 0.3) is 6.43 Å². The van der Waals surface area contributed by atoms with Crippen molar-refractivity contribution in [2.75, 3.05) is 0 Å². The van der Waals surface area contributed by atoms with E-state index in [0.29, 0.717) is 0 Å². The van der Waals surface area contributed by atoms with E-state index in [2.05, 4.69) is 4.98 Å². The number of rotatable bonds is 2. The van der Waals surface area contributed by atoms with Crippen molar-refractivity contribution in [1.82, 2.24) is 4.98 Å². The summed E-state index contributed by atoms with van der Waals surface area (Å²) in [6.07, 6.45) is -1.78. The Bertz CT molecular complexity index is 346. The van der Waals surface area contributed by atoms with Crippen LogP contribution in [0.15, 0.2) is 12.3 Å². The Hall–Kier alpha value is -1.70. The van der Waals surface area contributed by atoms with Crippen LogP contribution in [0.25, 0.3) is 0 Å². The zero-order valence-electron chi connectivity index (χ0n) is 6.54. The van der Waals surface area contributed by atoms with Crippen molar-refractivity contribution in [3.8, 4) is 11.8 Å². The Morgan fingerprint density at radius 1 is 1.62 bits per heavy atom. The van der Waals surface area contributed by atoms with Gasteiger partial charge in [-0.05, 0) is 6.07 Å². The van der Waals surface area contributed by atoms with Crippen LogP contribution >= 0.6 is 0 Å². The zero-order chi connectivity index (χ0) is 9.84. The lowest BCUT2D eigenvalue weighted by molar-refractivity contribution is 0.147. The molecular formula is C8H6F2N2O. The second-order valence-corrected chi connectivity index (χ2v) is 2.33. The molecule has 0 fully saturated rings. The molecule has 1 N–H and O–H groups in total. The van der Waals surface area contributed by atoms with Crippen molar-refractivity contribution in [3.63, 3.8) is 0 Å². The maximum Gasteiger partial charge on any atom is 0.267 e. The van der Waals surface area contributed by atoms with E-state index in [1.807, 2.05) is 0 Å². The highest BCUT2D eigenvalue weighted by Gasteiger charge is 2.15. The normalized spacial score (nSPS) is 10.0. The number of aromatic nitrogens is 1. The molecule has 0 radical (unpaired) electrons. The molecule has 0 atom stereocenters. The predicted octanol–water partition coefficient (Wildman–Crippen LogP) is 1.79. The fourth-order valence-corrected chi connectivity index (χ4v) is 0.895. The number of pyridine rings is 1. The molecule has 5 heteroatoms. The van der Waals surface area contributed by atoms with Gasteiger partial charge in [-0.2, -0.15) is 5.26 Å². The lowest BCUT2D eigenvalue weighted by Crippen LogP contribution is -1.93. The summed E-state index contributed by atoms with van der Waals surface area (Å²) >= 11 is 0. The maximum absolute atomic E-state index is 12.2. The first kappa shape index (κ1) is 9.39. The zero-order valence-corrected chi connectivity index (χ0v) is 6.54. The molecule has 0 amide bonds. The summed E-state index contributed by atoms with van der Waals surface area (Å²) in [5.41, 5.74) is -0.499. The van der Waals surface area contributed by atoms with Crippen LogP contribution in [0.1, 0.15) is 17.7 Å². The summed E-state index contributed by atoms with van der Waals surface area (Å²) in [6.45, 7) is 0. The molecule has 1 heterocycles. The van der Waals surface area contributed by atoms with E-state index in [1.165, 1.54) is 0 Å². The smallest absolute Gasteiger partial charge is 0.267 e. The van der Waals surface area contributed by atoms with Crippen molar-refractivity contribution in [1.29, 1.82) is 5.26 Å². The monoisotopic (exact) mass is 184 g/mol. The lowest BCUT2D eigenvalue weighted by atomic mass is 10.2. The molecule has 0 aliphatic carbocycles. The minimum absolute atomic E-state index is 0.0136. The fraction of sp³-hybridized carbons (Fsp3) is 0.250. The van der Waals surface area contributed by atoms with Gasteiger partial charge in [-0.15, -0.1) is 0 Å². The average molecular weight is 184 g/mol. The van der Waals surface area contributed by atoms with Crippen LogP contribution in [0.3, 0.4) is 0 Å². The summed E-state index contributed by atoms with van der Waals surface area (Å²) in [4.78, 5) is 3.61. The number of hydrogen-bond donors (Lipinski definition) is 1. The van der Waals surface area contributed by atoms with Crippen molar-refractivity contribution in [3.05, 3.63) is 23.5 Å². The summed E-state index contributed by atoms with van der Waals surface area (Å²) in [5, 5.41) is 17.5. The first-order valence-corrected chi connectivity index (χ1v) is 3.48. The summed E-state index contributed by atoms with van der Waals surface area (Å²) < 4.78 is 24.4. The predicted molar refractivity (Wildman–Crippen MR) is 40.2 cm³/mol. The van der Waals surface area contributed by atoms with Crippen molar-refractivity contribution < 1.29 is 13.9 Å². The first-order chi connectivity index (χ1) is 6.16. The van der Waals surface area contributed by atoms with Crippen LogP contribution in [-0.2, 0) is 6.42 Å². The molecule has 0 saturated heterocycles. The number of halogens is 2. The van der Waals surface area contributed by atoms with Crippen LogP contribution in [-0.4, -0.2) is 10.1 Å². The highest BCUT2D eigenvalue weighted by atomic mass is 19.3. The van der Waals surface area contributed by atoms with Gasteiger partial charge in [0, 0.05) is 6.20 Å². The molecule has 68 valence electrons. The van der Waals surface area contributed by atoms with E-state index in [0.717, 1.165) is 12.3 Å². The molecule has 0 aromatic carbocycles. The van der Waals surface area contributed by atoms with Crippen LogP contribution in [0.4, 0.5) is 8.78 Å². The van der Waals surface area contributed by atoms with E-state index < -0.39 is 17.7 Å². The standard InChI is InChI=1S/C8H6F2N2O/c9-8(10)5-2-4-12-6(1-3-11)7(5)13/h2,4,8,13H,1H2. The molecular weight excluding hydrogens is 178 g/mol. The number of hydrogen-bond acceptors (Lipinski definition) is 3. The Balaban J connectivity index is 3.12. The summed E-state index contributed by atoms with van der Waals surface area (Å²) in [5.74, 6) is -0.584. The molecule has 0 unspecified atom stereocenters. The molecule has 1 rings (SSSR count). The van der Waals surface area contributed by atoms with Crippen LogP contribution in [0, 0.1) is 11.3 Å². The third-order valence-corrected chi connectivity index (χ3v) is 1.51. The molecule has 3 nitrogen and oxygen atoms in total. The van der Waals surface area contributed by atoms with Crippen LogP contribution < -0.4 is 0 Å². The third-order valence-electron chi connectivity index (χ3n) is 1.51. The molecule has 0 spiro atoms. The number of nitrogens with zero attached hydrogens (tertiary/aromatic N) is 2. The van der Waals surface area contributed by atoms with E-state index in [4.69, 9.17) is 5.26 Å². The molecule has 0 bridgehead atoms. The quantitative estimate of drug-likeness (QED) is 0.762. The number of alkyl halides is 2. The van der Waals surface area contributed by atoms with E-state index in [1.54, 1.807) is 6.07 Å². The number of nitriles is 1. The maximum atomic E-state index is 12.2. The van der Waals surface area contributed by atoms with E-state index in [-0.39, 0.29) is 12.1 Å². The van der Waals surface area contributed by atoms with Gasteiger partial charge in [0.1, 0.15) is 5.75 Å². The molecule has 0 aliphatic heterocycles. The molecule has 13 heavy (non-hydrogen) atoms. The highest BCUT2D eigenvalue weighted by Crippen LogP contribution is 2.29. The molecule has 0 aliphatic rings. The minimum Gasteiger partial charge on any atom is -0.505 e. The Kier molecular flexibility index (Phi) is 2.75. The van der Waals surface area contributed by atoms with Crippen LogP contribution in [0.2, 0.25) is 0 Å². The lowest BCUT2D eigenvalue weighted by Gasteiger charge is -2.04. The van der Waals surface area contributed by atoms with Gasteiger partial charge >= 0.3 is 0 Å². The summed E-state index contributed by atoms with van der Waals surface area (Å²) in [6, 6.07) is 2.75. The first-order valence-electron chi connectivity index (χ1n) is 3.48. The Labute approximate surface area is 73.3 Å². The average Bonchev–Trinajstić information content (AvgIpc) is 2.08. The van der Waals surface area contributed by atoms with Gasteiger partial charge in [-0.25, -0.2) is 8.78 Å². The fourth-order valence-electron chi connectivity index (χ4n) is 0.895. The van der Waals surface area contributed by atoms with E-state index >= 15 is 0 Å². The SMILES string of the molecule is N#CCc1nccc(C(F)F)c1O. The molecule has 0 saturated carbocycles. The topological polar surface area (TPSA) is 56.9 Å². The highest BCUT2D eigenvalue weighted by molar-refractivity contribution is 5.37. The van der Waals surface area contributed by atoms with Gasteiger partial charge in [0.05, 0.1) is 23.7 Å². The Morgan fingerprint density at radius 3 is 2.85 bits per heavy atom. The third kappa shape index (κ3) is 1.90. The van der Waals surface area contributed by atoms with Gasteiger partial charge in [-0.1, -0.05) is 0 Å². The number of aromatic hydroxyl groups is 1. The second kappa shape index (κ2) is 3.81. The molecule has 1 aromatic rings. The van der Waals surface area contributed by atoms with Crippen molar-refractivity contribution in [2.45, 2.75) is 12.8 Å². The van der Waals surface area contributed by atoms with E-state index in [9.17, 15) is 13.9 Å². The van der Waals surface area contributed by atoms with Gasteiger partial charge in [-0.3, -0.25) is 4.98 Å². The largest absolute Gasteiger partial charge is 0.505 e.